The number of para-hydroxylation sites is 1. The van der Waals surface area contributed by atoms with Crippen LogP contribution >= 0.6 is 0 Å². The number of rotatable bonds is 3. The Kier molecular flexibility index (Phi) is 4.82. The first kappa shape index (κ1) is 20.8. The fourth-order valence-electron chi connectivity index (χ4n) is 4.96. The first-order valence-electron chi connectivity index (χ1n) is 11.5. The molecule has 0 spiro atoms. The van der Waals surface area contributed by atoms with Crippen LogP contribution in [0.15, 0.2) is 66.6 Å². The predicted octanol–water partition coefficient (Wildman–Crippen LogP) is 5.76. The Morgan fingerprint density at radius 2 is 1.85 bits per heavy atom. The van der Waals surface area contributed by atoms with Crippen LogP contribution in [0.25, 0.3) is 17.0 Å². The largest absolute Gasteiger partial charge is 0.478 e. The summed E-state index contributed by atoms with van der Waals surface area (Å²) in [6.45, 7) is 5.98. The van der Waals surface area contributed by atoms with Crippen molar-refractivity contribution >= 4 is 22.8 Å². The van der Waals surface area contributed by atoms with Crippen molar-refractivity contribution in [2.24, 2.45) is 7.05 Å². The summed E-state index contributed by atoms with van der Waals surface area (Å²) in [6.07, 6.45) is 3.90. The highest BCUT2D eigenvalue weighted by Crippen LogP contribution is 2.44. The summed E-state index contributed by atoms with van der Waals surface area (Å²) in [5, 5.41) is 1.09. The van der Waals surface area contributed by atoms with E-state index in [0.29, 0.717) is 30.3 Å². The van der Waals surface area contributed by atoms with E-state index < -0.39 is 0 Å². The summed E-state index contributed by atoms with van der Waals surface area (Å²) in [7, 11) is 2.01. The summed E-state index contributed by atoms with van der Waals surface area (Å²) < 4.78 is 14.4. The van der Waals surface area contributed by atoms with Crippen molar-refractivity contribution in [2.75, 3.05) is 6.73 Å². The number of nitrogens with zero attached hydrogens (tertiary/aromatic N) is 2. The molecule has 2 aliphatic rings. The molecule has 3 heterocycles. The molecule has 5 heteroatoms. The summed E-state index contributed by atoms with van der Waals surface area (Å²) in [4.78, 5) is 15.6. The monoisotopic (exact) mass is 450 g/mol. The number of hydrogen-bond acceptors (Lipinski definition) is 4. The second-order valence-corrected chi connectivity index (χ2v) is 9.27. The Bertz CT molecular complexity index is 1480. The molecule has 0 saturated heterocycles. The number of allylic oxidation sites excluding steroid dienone is 1. The van der Waals surface area contributed by atoms with E-state index in [9.17, 15) is 4.79 Å². The first-order valence-corrected chi connectivity index (χ1v) is 11.5. The zero-order chi connectivity index (χ0) is 23.4. The summed E-state index contributed by atoms with van der Waals surface area (Å²) in [6, 6.07) is 18.7. The van der Waals surface area contributed by atoms with Gasteiger partial charge in [-0.2, -0.15) is 0 Å². The van der Waals surface area contributed by atoms with Crippen LogP contribution in [-0.2, 0) is 20.1 Å². The molecule has 5 nitrogen and oxygen atoms in total. The third-order valence-electron chi connectivity index (χ3n) is 6.73. The molecule has 3 aromatic carbocycles. The average molecular weight is 451 g/mol. The number of aromatic nitrogens is 1. The summed E-state index contributed by atoms with van der Waals surface area (Å²) in [5.41, 5.74) is 7.03. The second-order valence-electron chi connectivity index (χ2n) is 9.27. The number of carbonyl (C=O) groups is 1. The highest BCUT2D eigenvalue weighted by molar-refractivity contribution is 6.16. The quantitative estimate of drug-likeness (QED) is 0.372. The molecular weight excluding hydrogens is 424 g/mol. The normalized spacial score (nSPS) is 16.4. The maximum Gasteiger partial charge on any atom is 0.232 e. The van der Waals surface area contributed by atoms with Crippen LogP contribution < -0.4 is 9.47 Å². The van der Waals surface area contributed by atoms with Crippen molar-refractivity contribution in [3.8, 4) is 11.5 Å². The fraction of sp³-hybridized carbons (Fsp3) is 0.207. The summed E-state index contributed by atoms with van der Waals surface area (Å²) in [5.74, 6) is 1.73. The highest BCUT2D eigenvalue weighted by Gasteiger charge is 2.35. The molecule has 0 N–H and O–H groups in total. The molecule has 0 bridgehead atoms. The molecule has 6 rings (SSSR count). The van der Waals surface area contributed by atoms with Crippen molar-refractivity contribution in [3.05, 3.63) is 99.9 Å². The smallest absolute Gasteiger partial charge is 0.232 e. The number of Topliss-reactive ketones (excluding diaryl/α,β-unsaturated/α-hetero) is 1. The van der Waals surface area contributed by atoms with E-state index in [2.05, 4.69) is 52.8 Å². The molecule has 0 aliphatic carbocycles. The van der Waals surface area contributed by atoms with E-state index in [1.165, 1.54) is 11.1 Å². The van der Waals surface area contributed by atoms with Gasteiger partial charge in [0.05, 0.1) is 11.1 Å². The molecule has 0 radical (unpaired) electrons. The van der Waals surface area contributed by atoms with Gasteiger partial charge in [-0.1, -0.05) is 48.0 Å². The number of ether oxygens (including phenoxy) is 2. The number of hydrogen-bond donors (Lipinski definition) is 0. The van der Waals surface area contributed by atoms with Gasteiger partial charge in [-0.15, -0.1) is 0 Å². The molecule has 0 unspecified atom stereocenters. The van der Waals surface area contributed by atoms with Crippen LogP contribution in [0, 0.1) is 13.8 Å². The Hall–Kier alpha value is -3.83. The van der Waals surface area contributed by atoms with Crippen LogP contribution in [0.4, 0.5) is 0 Å². The lowest BCUT2D eigenvalue weighted by Gasteiger charge is -2.30. The average Bonchev–Trinajstić information content (AvgIpc) is 3.33. The van der Waals surface area contributed by atoms with Crippen molar-refractivity contribution in [1.82, 2.24) is 9.47 Å². The number of fused-ring (bicyclic) bond motifs is 4. The van der Waals surface area contributed by atoms with Crippen molar-refractivity contribution in [2.45, 2.75) is 26.9 Å². The van der Waals surface area contributed by atoms with Crippen molar-refractivity contribution < 1.29 is 14.3 Å². The Labute approximate surface area is 198 Å². The number of ketones is 1. The lowest BCUT2D eigenvalue weighted by molar-refractivity contribution is 0.0872. The number of aryl methyl sites for hydroxylation is 3. The van der Waals surface area contributed by atoms with Gasteiger partial charge in [0.25, 0.3) is 0 Å². The molecule has 0 fully saturated rings. The van der Waals surface area contributed by atoms with Crippen LogP contribution in [0.2, 0.25) is 0 Å². The lowest BCUT2D eigenvalue weighted by atomic mass is 9.98. The van der Waals surface area contributed by atoms with Crippen molar-refractivity contribution in [3.63, 3.8) is 0 Å². The molecule has 1 aromatic heterocycles. The molecule has 4 aromatic rings. The van der Waals surface area contributed by atoms with Gasteiger partial charge in [0.1, 0.15) is 18.2 Å². The third-order valence-corrected chi connectivity index (χ3v) is 6.73. The van der Waals surface area contributed by atoms with Crippen LogP contribution in [-0.4, -0.2) is 22.0 Å². The van der Waals surface area contributed by atoms with Gasteiger partial charge in [-0.25, -0.2) is 0 Å². The minimum Gasteiger partial charge on any atom is -0.478 e. The fourth-order valence-corrected chi connectivity index (χ4v) is 4.96. The predicted molar refractivity (Wildman–Crippen MR) is 133 cm³/mol. The maximum atomic E-state index is 13.4. The SMILES string of the molecule is Cc1ccc(CN2COc3cc(C)c4c(c3C2)O/C(=C\c2cn(C)c3ccccc23)C4=O)cc1. The maximum absolute atomic E-state index is 13.4. The molecule has 0 amide bonds. The number of carbonyl (C=O) groups excluding carboxylic acids is 1. The molecule has 0 atom stereocenters. The van der Waals surface area contributed by atoms with E-state index in [1.807, 2.05) is 44.4 Å². The van der Waals surface area contributed by atoms with Gasteiger partial charge in [0, 0.05) is 42.8 Å². The lowest BCUT2D eigenvalue weighted by Crippen LogP contribution is -2.31. The minimum absolute atomic E-state index is 0.0705. The van der Waals surface area contributed by atoms with Crippen LogP contribution in [0.5, 0.6) is 11.5 Å². The second kappa shape index (κ2) is 7.89. The third kappa shape index (κ3) is 3.40. The van der Waals surface area contributed by atoms with Crippen LogP contribution in [0.1, 0.15) is 38.2 Å². The van der Waals surface area contributed by atoms with Crippen LogP contribution in [0.3, 0.4) is 0 Å². The molecular formula is C29H26N2O3. The van der Waals surface area contributed by atoms with E-state index in [4.69, 9.17) is 9.47 Å². The van der Waals surface area contributed by atoms with Gasteiger partial charge in [0.2, 0.25) is 5.78 Å². The van der Waals surface area contributed by atoms with E-state index >= 15 is 0 Å². The Morgan fingerprint density at radius 3 is 2.68 bits per heavy atom. The Morgan fingerprint density at radius 1 is 1.06 bits per heavy atom. The molecule has 34 heavy (non-hydrogen) atoms. The highest BCUT2D eigenvalue weighted by atomic mass is 16.5. The topological polar surface area (TPSA) is 43.7 Å². The summed E-state index contributed by atoms with van der Waals surface area (Å²) >= 11 is 0. The standard InChI is InChI=1S/C29H26N2O3/c1-18-8-10-20(11-9-18)14-31-16-23-25(33-17-31)12-19(2)27-28(32)26(34-29(23)27)13-21-15-30(3)24-7-5-4-6-22(21)24/h4-13,15H,14,16-17H2,1-3H3/b26-13-. The molecule has 2 aliphatic heterocycles. The number of benzene rings is 3. The van der Waals surface area contributed by atoms with Gasteiger partial charge < -0.3 is 14.0 Å². The zero-order valence-electron chi connectivity index (χ0n) is 19.6. The van der Waals surface area contributed by atoms with E-state index in [-0.39, 0.29) is 5.78 Å². The molecule has 170 valence electrons. The van der Waals surface area contributed by atoms with E-state index in [0.717, 1.165) is 39.9 Å². The van der Waals surface area contributed by atoms with Gasteiger partial charge >= 0.3 is 0 Å². The van der Waals surface area contributed by atoms with Gasteiger partial charge in [0.15, 0.2) is 5.76 Å². The minimum atomic E-state index is -0.0705. The zero-order valence-corrected chi connectivity index (χ0v) is 19.6. The Balaban J connectivity index is 1.35. The first-order chi connectivity index (χ1) is 16.5. The van der Waals surface area contributed by atoms with Crippen molar-refractivity contribution in [1.29, 1.82) is 0 Å². The van der Waals surface area contributed by atoms with E-state index in [1.54, 1.807) is 0 Å². The van der Waals surface area contributed by atoms with Gasteiger partial charge in [-0.05, 0) is 43.2 Å². The van der Waals surface area contributed by atoms with Gasteiger partial charge in [-0.3, -0.25) is 9.69 Å². The molecule has 0 saturated carbocycles.